The molecule has 0 spiro atoms. The number of phenolic OH excluding ortho intramolecular Hbond substituents is 1. The predicted molar refractivity (Wildman–Crippen MR) is 99.4 cm³/mol. The van der Waals surface area contributed by atoms with Gasteiger partial charge in [-0.2, -0.15) is 5.10 Å². The van der Waals surface area contributed by atoms with Gasteiger partial charge in [-0.3, -0.25) is 0 Å². The topological polar surface area (TPSA) is 44.6 Å². The molecule has 2 aromatic carbocycles. The Labute approximate surface area is 149 Å². The van der Waals surface area contributed by atoms with E-state index in [1.54, 1.807) is 6.21 Å². The van der Waals surface area contributed by atoms with Gasteiger partial charge in [0.1, 0.15) is 5.75 Å². The Bertz CT molecular complexity index is 624. The van der Waals surface area contributed by atoms with E-state index in [2.05, 4.69) is 55.7 Å². The summed E-state index contributed by atoms with van der Waals surface area (Å²) in [6.07, 6.45) is 1.72. The quantitative estimate of drug-likeness (QED) is 0.363. The van der Waals surface area contributed by atoms with Gasteiger partial charge in [-0.1, -0.05) is 29.8 Å². The number of halogens is 3. The largest absolute Gasteiger partial charge is 0.506 e. The maximum atomic E-state index is 9.69. The van der Waals surface area contributed by atoms with Crippen LogP contribution in [0, 0.1) is 7.14 Å². The van der Waals surface area contributed by atoms with Gasteiger partial charge in [-0.05, 0) is 74.5 Å². The molecule has 20 heavy (non-hydrogen) atoms. The summed E-state index contributed by atoms with van der Waals surface area (Å²) in [4.78, 5) is 0. The fourth-order valence-electron chi connectivity index (χ4n) is 1.55. The summed E-state index contributed by atoms with van der Waals surface area (Å²) < 4.78 is 1.61. The van der Waals surface area contributed by atoms with Gasteiger partial charge in [0.25, 0.3) is 0 Å². The minimum absolute atomic E-state index is 0.312. The minimum Gasteiger partial charge on any atom is -0.506 e. The van der Waals surface area contributed by atoms with Gasteiger partial charge in [0.15, 0.2) is 0 Å². The van der Waals surface area contributed by atoms with Crippen molar-refractivity contribution in [1.82, 2.24) is 5.43 Å². The Balaban J connectivity index is 1.99. The van der Waals surface area contributed by atoms with Crippen molar-refractivity contribution in [3.63, 3.8) is 0 Å². The molecule has 0 aliphatic carbocycles. The molecule has 2 N–H and O–H groups in total. The standard InChI is InChI=1S/C14H11ClI2N2O/c15-11-4-2-1-3-10(11)8-19-18-7-9-5-12(16)14(20)13(17)6-9/h1-7,19-20H,8H2/b18-7-. The second kappa shape index (κ2) is 7.46. The first-order valence-corrected chi connectivity index (χ1v) is 8.29. The smallest absolute Gasteiger partial charge is 0.142 e. The Morgan fingerprint density at radius 2 is 1.85 bits per heavy atom. The van der Waals surface area contributed by atoms with Crippen LogP contribution in [0.1, 0.15) is 11.1 Å². The van der Waals surface area contributed by atoms with Crippen LogP contribution >= 0.6 is 56.8 Å². The van der Waals surface area contributed by atoms with Crippen LogP contribution in [0.3, 0.4) is 0 Å². The maximum absolute atomic E-state index is 9.69. The molecule has 0 radical (unpaired) electrons. The molecule has 0 bridgehead atoms. The van der Waals surface area contributed by atoms with Crippen LogP contribution in [-0.4, -0.2) is 11.3 Å². The first-order chi connectivity index (χ1) is 9.58. The third-order valence-corrected chi connectivity index (χ3v) is 4.58. The lowest BCUT2D eigenvalue weighted by Gasteiger charge is -2.04. The van der Waals surface area contributed by atoms with Gasteiger partial charge >= 0.3 is 0 Å². The van der Waals surface area contributed by atoms with Crippen LogP contribution in [0.2, 0.25) is 5.02 Å². The van der Waals surface area contributed by atoms with Crippen LogP contribution < -0.4 is 5.43 Å². The van der Waals surface area contributed by atoms with Gasteiger partial charge < -0.3 is 10.5 Å². The molecule has 0 aliphatic rings. The van der Waals surface area contributed by atoms with E-state index in [-0.39, 0.29) is 0 Å². The highest BCUT2D eigenvalue weighted by atomic mass is 127. The first kappa shape index (κ1) is 15.8. The van der Waals surface area contributed by atoms with E-state index in [9.17, 15) is 5.11 Å². The summed E-state index contributed by atoms with van der Waals surface area (Å²) in [7, 11) is 0. The molecular weight excluding hydrogens is 501 g/mol. The molecular formula is C14H11ClI2N2O. The van der Waals surface area contributed by atoms with E-state index >= 15 is 0 Å². The summed E-state index contributed by atoms with van der Waals surface area (Å²) in [5.74, 6) is 0.312. The number of hydrazone groups is 1. The molecule has 0 fully saturated rings. The molecule has 6 heteroatoms. The number of benzene rings is 2. The van der Waals surface area contributed by atoms with E-state index < -0.39 is 0 Å². The third kappa shape index (κ3) is 4.23. The summed E-state index contributed by atoms with van der Waals surface area (Å²) in [6.45, 7) is 0.572. The molecule has 0 aliphatic heterocycles. The molecule has 104 valence electrons. The fourth-order valence-corrected chi connectivity index (χ4v) is 3.57. The average molecular weight is 513 g/mol. The van der Waals surface area contributed by atoms with Crippen LogP contribution in [0.15, 0.2) is 41.5 Å². The molecule has 3 nitrogen and oxygen atoms in total. The van der Waals surface area contributed by atoms with E-state index in [1.807, 2.05) is 36.4 Å². The monoisotopic (exact) mass is 512 g/mol. The minimum atomic E-state index is 0.312. The van der Waals surface area contributed by atoms with Crippen molar-refractivity contribution < 1.29 is 5.11 Å². The summed E-state index contributed by atoms with van der Waals surface area (Å²) in [5.41, 5.74) is 4.90. The van der Waals surface area contributed by atoms with Crippen LogP contribution in [0.4, 0.5) is 0 Å². The van der Waals surface area contributed by atoms with E-state index in [0.717, 1.165) is 23.3 Å². The van der Waals surface area contributed by atoms with Gasteiger partial charge in [0.05, 0.1) is 19.9 Å². The van der Waals surface area contributed by atoms with Gasteiger partial charge in [-0.25, -0.2) is 0 Å². The number of hydrogen-bond donors (Lipinski definition) is 2. The van der Waals surface area contributed by atoms with E-state index in [4.69, 9.17) is 11.6 Å². The molecule has 2 rings (SSSR count). The first-order valence-electron chi connectivity index (χ1n) is 5.75. The zero-order valence-electron chi connectivity index (χ0n) is 10.3. The van der Waals surface area contributed by atoms with Crippen molar-refractivity contribution >= 4 is 63.0 Å². The summed E-state index contributed by atoms with van der Waals surface area (Å²) in [5, 5.41) is 14.6. The number of rotatable bonds is 4. The maximum Gasteiger partial charge on any atom is 0.142 e. The summed E-state index contributed by atoms with van der Waals surface area (Å²) >= 11 is 10.2. The highest BCUT2D eigenvalue weighted by Gasteiger charge is 2.04. The molecule has 0 saturated carbocycles. The highest BCUT2D eigenvalue weighted by molar-refractivity contribution is 14.1. The van der Waals surface area contributed by atoms with Crippen molar-refractivity contribution in [2.45, 2.75) is 6.54 Å². The molecule has 0 heterocycles. The second-order valence-corrected chi connectivity index (χ2v) is 6.75. The Morgan fingerprint density at radius 1 is 1.20 bits per heavy atom. The molecule has 0 saturated heterocycles. The lowest BCUT2D eigenvalue weighted by Crippen LogP contribution is -2.06. The van der Waals surface area contributed by atoms with Gasteiger partial charge in [0, 0.05) is 5.02 Å². The normalized spacial score (nSPS) is 10.9. The van der Waals surface area contributed by atoms with Crippen molar-refractivity contribution in [3.8, 4) is 5.75 Å². The lowest BCUT2D eigenvalue weighted by atomic mass is 10.2. The van der Waals surface area contributed by atoms with E-state index in [0.29, 0.717) is 12.3 Å². The third-order valence-electron chi connectivity index (χ3n) is 2.57. The van der Waals surface area contributed by atoms with Crippen molar-refractivity contribution in [1.29, 1.82) is 0 Å². The SMILES string of the molecule is Oc1c(I)cc(/C=N\NCc2ccccc2Cl)cc1I. The van der Waals surface area contributed by atoms with Gasteiger partial charge in [0.2, 0.25) is 0 Å². The Morgan fingerprint density at radius 3 is 2.50 bits per heavy atom. The lowest BCUT2D eigenvalue weighted by molar-refractivity contribution is 0.467. The van der Waals surface area contributed by atoms with E-state index in [1.165, 1.54) is 0 Å². The zero-order chi connectivity index (χ0) is 14.5. The van der Waals surface area contributed by atoms with Crippen LogP contribution in [-0.2, 0) is 6.54 Å². The number of phenols is 1. The van der Waals surface area contributed by atoms with Crippen molar-refractivity contribution in [2.24, 2.45) is 5.10 Å². The highest BCUT2D eigenvalue weighted by Crippen LogP contribution is 2.26. The number of nitrogens with zero attached hydrogens (tertiary/aromatic N) is 1. The van der Waals surface area contributed by atoms with Crippen molar-refractivity contribution in [2.75, 3.05) is 0 Å². The predicted octanol–water partition coefficient (Wildman–Crippen LogP) is 4.38. The molecule has 0 atom stereocenters. The number of nitrogens with one attached hydrogen (secondary N) is 1. The Hall–Kier alpha value is -0.540. The van der Waals surface area contributed by atoms with Crippen LogP contribution in [0.5, 0.6) is 5.75 Å². The number of aromatic hydroxyl groups is 1. The van der Waals surface area contributed by atoms with Crippen molar-refractivity contribution in [3.05, 3.63) is 59.7 Å². The summed E-state index contributed by atoms with van der Waals surface area (Å²) in [6, 6.07) is 11.4. The number of hydrogen-bond acceptors (Lipinski definition) is 3. The molecule has 0 amide bonds. The molecule has 0 unspecified atom stereocenters. The molecule has 0 aromatic heterocycles. The average Bonchev–Trinajstić information content (AvgIpc) is 2.42. The fraction of sp³-hybridized carbons (Fsp3) is 0.0714. The second-order valence-electron chi connectivity index (χ2n) is 4.02. The Kier molecular flexibility index (Phi) is 5.91. The molecule has 2 aromatic rings. The van der Waals surface area contributed by atoms with Crippen LogP contribution in [0.25, 0.3) is 0 Å². The van der Waals surface area contributed by atoms with Gasteiger partial charge in [-0.15, -0.1) is 0 Å². The zero-order valence-corrected chi connectivity index (χ0v) is 15.3.